The summed E-state index contributed by atoms with van der Waals surface area (Å²) < 4.78 is 41.4. The molecule has 28 heavy (non-hydrogen) atoms. The highest BCUT2D eigenvalue weighted by atomic mass is 32.2. The number of anilines is 1. The molecule has 0 aliphatic carbocycles. The number of benzene rings is 2. The molecule has 140 valence electrons. The number of halogens is 1. The number of aromatic amines is 1. The summed E-state index contributed by atoms with van der Waals surface area (Å²) in [4.78, 5) is 4.13. The highest BCUT2D eigenvalue weighted by Crippen LogP contribution is 2.36. The summed E-state index contributed by atoms with van der Waals surface area (Å²) in [5.41, 5.74) is 2.50. The average Bonchev–Trinajstić information content (AvgIpc) is 3.12. The molecule has 2 N–H and O–H groups in total. The van der Waals surface area contributed by atoms with E-state index >= 15 is 0 Å². The van der Waals surface area contributed by atoms with Gasteiger partial charge in [-0.3, -0.25) is 14.8 Å². The van der Waals surface area contributed by atoms with Gasteiger partial charge in [-0.2, -0.15) is 5.10 Å². The Balaban J connectivity index is 1.83. The van der Waals surface area contributed by atoms with Crippen LogP contribution in [0.3, 0.4) is 0 Å². The Morgan fingerprint density at radius 3 is 2.21 bits per heavy atom. The zero-order valence-corrected chi connectivity index (χ0v) is 15.3. The molecule has 6 nitrogen and oxygen atoms in total. The SMILES string of the molecule is O=S(=O)(Nc1n[nH]c(-c2ccc(F)cc2)c1-c1ccncc1)c1ccccc1. The molecule has 8 heteroatoms. The molecule has 0 saturated carbocycles. The Morgan fingerprint density at radius 1 is 0.857 bits per heavy atom. The van der Waals surface area contributed by atoms with E-state index in [0.717, 1.165) is 0 Å². The first-order valence-electron chi connectivity index (χ1n) is 8.37. The van der Waals surface area contributed by atoms with Crippen molar-refractivity contribution in [1.29, 1.82) is 0 Å². The predicted molar refractivity (Wildman–Crippen MR) is 104 cm³/mol. The van der Waals surface area contributed by atoms with Gasteiger partial charge in [-0.25, -0.2) is 12.8 Å². The number of nitrogens with zero attached hydrogens (tertiary/aromatic N) is 2. The summed E-state index contributed by atoms with van der Waals surface area (Å²) in [5, 5.41) is 7.04. The van der Waals surface area contributed by atoms with Gasteiger partial charge in [0.05, 0.1) is 16.2 Å². The molecule has 0 unspecified atom stereocenters. The quantitative estimate of drug-likeness (QED) is 0.534. The number of pyridine rings is 1. The maximum absolute atomic E-state index is 13.3. The van der Waals surface area contributed by atoms with E-state index in [1.54, 1.807) is 54.9 Å². The maximum atomic E-state index is 13.3. The van der Waals surface area contributed by atoms with Crippen LogP contribution in [-0.4, -0.2) is 23.6 Å². The second kappa shape index (κ2) is 7.24. The summed E-state index contributed by atoms with van der Waals surface area (Å²) in [6.45, 7) is 0. The molecule has 0 atom stereocenters. The smallest absolute Gasteiger partial charge is 0.263 e. The van der Waals surface area contributed by atoms with Crippen molar-refractivity contribution in [1.82, 2.24) is 15.2 Å². The number of hydrogen-bond acceptors (Lipinski definition) is 4. The monoisotopic (exact) mass is 394 g/mol. The van der Waals surface area contributed by atoms with Crippen molar-refractivity contribution in [3.05, 3.63) is 84.9 Å². The number of H-pyrrole nitrogens is 1. The van der Waals surface area contributed by atoms with E-state index in [2.05, 4.69) is 19.9 Å². The van der Waals surface area contributed by atoms with Gasteiger partial charge in [0.2, 0.25) is 0 Å². The standard InChI is InChI=1S/C20H15FN4O2S/c21-16-8-6-15(7-9-16)19-18(14-10-12-22-13-11-14)20(24-23-19)25-28(26,27)17-4-2-1-3-5-17/h1-13H,(H2,23,24,25). The fraction of sp³-hybridized carbons (Fsp3) is 0. The molecule has 2 aromatic heterocycles. The molecule has 0 spiro atoms. The van der Waals surface area contributed by atoms with Crippen LogP contribution < -0.4 is 4.72 Å². The van der Waals surface area contributed by atoms with E-state index in [1.807, 2.05) is 0 Å². The Hall–Kier alpha value is -3.52. The van der Waals surface area contributed by atoms with Gasteiger partial charge in [0.15, 0.2) is 5.82 Å². The largest absolute Gasteiger partial charge is 0.275 e. The van der Waals surface area contributed by atoms with Gasteiger partial charge in [0.25, 0.3) is 10.0 Å². The molecule has 0 aliphatic heterocycles. The Bertz CT molecular complexity index is 1190. The molecule has 0 aliphatic rings. The van der Waals surface area contributed by atoms with E-state index in [4.69, 9.17) is 0 Å². The molecular formula is C20H15FN4O2S. The normalized spacial score (nSPS) is 11.3. The average molecular weight is 394 g/mol. The first-order chi connectivity index (χ1) is 13.5. The van der Waals surface area contributed by atoms with Crippen molar-refractivity contribution in [3.63, 3.8) is 0 Å². The van der Waals surface area contributed by atoms with Crippen LogP contribution in [0.5, 0.6) is 0 Å². The van der Waals surface area contributed by atoms with Crippen LogP contribution in [0.2, 0.25) is 0 Å². The second-order valence-electron chi connectivity index (χ2n) is 5.98. The molecule has 0 fully saturated rings. The first kappa shape index (κ1) is 17.9. The molecular weight excluding hydrogens is 379 g/mol. The van der Waals surface area contributed by atoms with E-state index in [1.165, 1.54) is 24.3 Å². The van der Waals surface area contributed by atoms with Gasteiger partial charge < -0.3 is 0 Å². The lowest BCUT2D eigenvalue weighted by atomic mass is 10.0. The van der Waals surface area contributed by atoms with E-state index < -0.39 is 10.0 Å². The predicted octanol–water partition coefficient (Wildman–Crippen LogP) is 4.08. The van der Waals surface area contributed by atoms with Crippen LogP contribution >= 0.6 is 0 Å². The van der Waals surface area contributed by atoms with E-state index in [0.29, 0.717) is 22.4 Å². The molecule has 4 rings (SSSR count). The van der Waals surface area contributed by atoms with Gasteiger partial charge in [0.1, 0.15) is 5.82 Å². The Morgan fingerprint density at radius 2 is 1.54 bits per heavy atom. The minimum Gasteiger partial charge on any atom is -0.275 e. The lowest BCUT2D eigenvalue weighted by molar-refractivity contribution is 0.601. The van der Waals surface area contributed by atoms with Crippen molar-refractivity contribution in [2.75, 3.05) is 4.72 Å². The summed E-state index contributed by atoms with van der Waals surface area (Å²) >= 11 is 0. The first-order valence-corrected chi connectivity index (χ1v) is 9.85. The maximum Gasteiger partial charge on any atom is 0.263 e. The molecule has 0 radical (unpaired) electrons. The summed E-state index contributed by atoms with van der Waals surface area (Å²) in [6, 6.07) is 17.4. The summed E-state index contributed by atoms with van der Waals surface area (Å²) in [5.74, 6) is -0.215. The van der Waals surface area contributed by atoms with Gasteiger partial charge in [-0.1, -0.05) is 18.2 Å². The van der Waals surface area contributed by atoms with Crippen molar-refractivity contribution < 1.29 is 12.8 Å². The van der Waals surface area contributed by atoms with Gasteiger partial charge >= 0.3 is 0 Å². The number of hydrogen-bond donors (Lipinski definition) is 2. The van der Waals surface area contributed by atoms with Gasteiger partial charge in [-0.15, -0.1) is 0 Å². The van der Waals surface area contributed by atoms with Crippen molar-refractivity contribution >= 4 is 15.8 Å². The zero-order chi connectivity index (χ0) is 19.6. The van der Waals surface area contributed by atoms with Crippen molar-refractivity contribution in [2.24, 2.45) is 0 Å². The van der Waals surface area contributed by atoms with Gasteiger partial charge in [0, 0.05) is 18.0 Å². The fourth-order valence-electron chi connectivity index (χ4n) is 2.83. The molecule has 2 aromatic carbocycles. The number of sulfonamides is 1. The lowest BCUT2D eigenvalue weighted by Crippen LogP contribution is -2.13. The molecule has 0 saturated heterocycles. The number of aromatic nitrogens is 3. The highest BCUT2D eigenvalue weighted by Gasteiger charge is 2.22. The highest BCUT2D eigenvalue weighted by molar-refractivity contribution is 7.92. The second-order valence-corrected chi connectivity index (χ2v) is 7.67. The fourth-order valence-corrected chi connectivity index (χ4v) is 3.86. The topological polar surface area (TPSA) is 87.7 Å². The van der Waals surface area contributed by atoms with Crippen LogP contribution in [0.4, 0.5) is 10.2 Å². The summed E-state index contributed by atoms with van der Waals surface area (Å²) in [6.07, 6.45) is 3.21. The zero-order valence-electron chi connectivity index (χ0n) is 14.5. The van der Waals surface area contributed by atoms with Crippen LogP contribution in [0.15, 0.2) is 84.0 Å². The Kier molecular flexibility index (Phi) is 4.62. The molecule has 2 heterocycles. The molecule has 4 aromatic rings. The van der Waals surface area contributed by atoms with Crippen LogP contribution in [-0.2, 0) is 10.0 Å². The number of nitrogens with one attached hydrogen (secondary N) is 2. The minimum absolute atomic E-state index is 0.127. The third-order valence-electron chi connectivity index (χ3n) is 4.15. The van der Waals surface area contributed by atoms with E-state index in [-0.39, 0.29) is 16.5 Å². The van der Waals surface area contributed by atoms with Crippen LogP contribution in [0, 0.1) is 5.82 Å². The van der Waals surface area contributed by atoms with Gasteiger partial charge in [-0.05, 0) is 54.1 Å². The van der Waals surface area contributed by atoms with Crippen LogP contribution in [0.25, 0.3) is 22.4 Å². The van der Waals surface area contributed by atoms with Crippen LogP contribution in [0.1, 0.15) is 0 Å². The third kappa shape index (κ3) is 3.49. The molecule has 0 bridgehead atoms. The van der Waals surface area contributed by atoms with E-state index in [9.17, 15) is 12.8 Å². The minimum atomic E-state index is -3.83. The van der Waals surface area contributed by atoms with Crippen molar-refractivity contribution in [2.45, 2.75) is 4.90 Å². The number of rotatable bonds is 5. The van der Waals surface area contributed by atoms with Crippen molar-refractivity contribution in [3.8, 4) is 22.4 Å². The lowest BCUT2D eigenvalue weighted by Gasteiger charge is -2.09. The third-order valence-corrected chi connectivity index (χ3v) is 5.51. The molecule has 0 amide bonds. The summed E-state index contributed by atoms with van der Waals surface area (Å²) in [7, 11) is -3.83. The Labute approximate surface area is 161 Å².